The lowest BCUT2D eigenvalue weighted by Gasteiger charge is -2.21. The van der Waals surface area contributed by atoms with Crippen molar-refractivity contribution in [3.63, 3.8) is 0 Å². The van der Waals surface area contributed by atoms with E-state index >= 15 is 0 Å². The molecule has 2 rings (SSSR count). The molecule has 1 aromatic carbocycles. The second-order valence-electron chi connectivity index (χ2n) is 5.21. The van der Waals surface area contributed by atoms with Crippen LogP contribution in [0.3, 0.4) is 0 Å². The normalized spacial score (nSPS) is 10.4. The first kappa shape index (κ1) is 19.0. The fourth-order valence-corrected chi connectivity index (χ4v) is 2.56. The molecule has 1 heterocycles. The van der Waals surface area contributed by atoms with E-state index in [0.717, 1.165) is 0 Å². The zero-order chi connectivity index (χ0) is 18.4. The van der Waals surface area contributed by atoms with Gasteiger partial charge in [-0.05, 0) is 30.7 Å². The number of anilines is 1. The number of hydrogen-bond acceptors (Lipinski definition) is 4. The fraction of sp³-hybridized carbons (Fsp3) is 0.250. The van der Waals surface area contributed by atoms with Gasteiger partial charge in [0.2, 0.25) is 5.91 Å². The van der Waals surface area contributed by atoms with E-state index in [0.29, 0.717) is 28.7 Å². The van der Waals surface area contributed by atoms with Gasteiger partial charge in [-0.2, -0.15) is 5.10 Å². The summed E-state index contributed by atoms with van der Waals surface area (Å²) in [7, 11) is 0. The summed E-state index contributed by atoms with van der Waals surface area (Å²) < 4.78 is 0. The highest BCUT2D eigenvalue weighted by Crippen LogP contribution is 2.25. The van der Waals surface area contributed by atoms with E-state index in [2.05, 4.69) is 15.5 Å². The average Bonchev–Trinajstić information content (AvgIpc) is 2.57. The van der Waals surface area contributed by atoms with E-state index in [1.165, 1.54) is 23.1 Å². The summed E-state index contributed by atoms with van der Waals surface area (Å²) in [6.07, 6.45) is 0.657. The number of nitrogens with zero attached hydrogens (tertiary/aromatic N) is 2. The minimum Gasteiger partial charge on any atom is -0.328 e. The predicted octanol–water partition coefficient (Wildman–Crippen LogP) is 2.57. The molecule has 0 aliphatic carbocycles. The van der Waals surface area contributed by atoms with Gasteiger partial charge in [-0.3, -0.25) is 14.4 Å². The van der Waals surface area contributed by atoms with Crippen LogP contribution in [0.25, 0.3) is 0 Å². The summed E-state index contributed by atoms with van der Waals surface area (Å²) in [6, 6.07) is 7.22. The largest absolute Gasteiger partial charge is 0.328 e. The summed E-state index contributed by atoms with van der Waals surface area (Å²) in [6.45, 7) is 2.07. The predicted molar refractivity (Wildman–Crippen MR) is 96.1 cm³/mol. The smallest absolute Gasteiger partial charge is 0.274 e. The molecule has 1 aromatic heterocycles. The summed E-state index contributed by atoms with van der Waals surface area (Å²) >= 11 is 11.8. The molecular weight excluding hydrogens is 367 g/mol. The molecule has 0 radical (unpaired) electrons. The standard InChI is InChI=1S/C16H16Cl2N4O3/c1-2-7-22(16(25)13-5-6-14(23)21-20-13)9-15(24)19-12-4-3-10(17)8-11(12)18/h3-6,8H,2,7,9H2,1H3,(H,19,24)(H,21,23). The van der Waals surface area contributed by atoms with Crippen molar-refractivity contribution in [1.29, 1.82) is 0 Å². The molecule has 2 amide bonds. The number of benzene rings is 1. The van der Waals surface area contributed by atoms with E-state index in [-0.39, 0.29) is 12.2 Å². The van der Waals surface area contributed by atoms with Crippen LogP contribution in [0.4, 0.5) is 5.69 Å². The minimum absolute atomic E-state index is 0.0605. The van der Waals surface area contributed by atoms with E-state index in [4.69, 9.17) is 23.2 Å². The minimum atomic E-state index is -0.449. The Morgan fingerprint density at radius 1 is 1.24 bits per heavy atom. The Balaban J connectivity index is 2.09. The first-order chi connectivity index (χ1) is 11.9. The van der Waals surface area contributed by atoms with Crippen LogP contribution in [0.2, 0.25) is 10.0 Å². The number of hydrogen-bond donors (Lipinski definition) is 2. The molecule has 2 aromatic rings. The first-order valence-corrected chi connectivity index (χ1v) is 8.26. The van der Waals surface area contributed by atoms with Crippen molar-refractivity contribution in [3.05, 3.63) is 56.4 Å². The number of H-pyrrole nitrogens is 1. The van der Waals surface area contributed by atoms with Crippen molar-refractivity contribution in [2.45, 2.75) is 13.3 Å². The third-order valence-corrected chi connectivity index (χ3v) is 3.77. The highest BCUT2D eigenvalue weighted by molar-refractivity contribution is 6.36. The third kappa shape index (κ3) is 5.30. The Morgan fingerprint density at radius 2 is 2.00 bits per heavy atom. The van der Waals surface area contributed by atoms with E-state index in [1.54, 1.807) is 12.1 Å². The van der Waals surface area contributed by atoms with Crippen molar-refractivity contribution in [3.8, 4) is 0 Å². The first-order valence-electron chi connectivity index (χ1n) is 7.50. The second-order valence-corrected chi connectivity index (χ2v) is 6.05. The molecule has 0 fully saturated rings. The lowest BCUT2D eigenvalue weighted by Crippen LogP contribution is -2.39. The number of aromatic amines is 1. The number of carbonyl (C=O) groups is 2. The topological polar surface area (TPSA) is 95.2 Å². The molecule has 0 unspecified atom stereocenters. The van der Waals surface area contributed by atoms with Crippen LogP contribution in [-0.4, -0.2) is 40.0 Å². The zero-order valence-electron chi connectivity index (χ0n) is 13.4. The lowest BCUT2D eigenvalue weighted by molar-refractivity contribution is -0.116. The highest BCUT2D eigenvalue weighted by atomic mass is 35.5. The third-order valence-electron chi connectivity index (χ3n) is 3.22. The number of aromatic nitrogens is 2. The second kappa shape index (κ2) is 8.64. The summed E-state index contributed by atoms with van der Waals surface area (Å²) in [5, 5.41) is 9.30. The number of rotatable bonds is 6. The zero-order valence-corrected chi connectivity index (χ0v) is 14.9. The van der Waals surface area contributed by atoms with Crippen LogP contribution in [0.1, 0.15) is 23.8 Å². The van der Waals surface area contributed by atoms with Gasteiger partial charge >= 0.3 is 0 Å². The molecule has 0 aliphatic heterocycles. The van der Waals surface area contributed by atoms with Gasteiger partial charge in [-0.1, -0.05) is 30.1 Å². The number of amides is 2. The van der Waals surface area contributed by atoms with Crippen LogP contribution in [0.5, 0.6) is 0 Å². The molecule has 132 valence electrons. The number of carbonyl (C=O) groups excluding carboxylic acids is 2. The Labute approximate surface area is 153 Å². The maximum atomic E-state index is 12.5. The van der Waals surface area contributed by atoms with Crippen LogP contribution < -0.4 is 10.9 Å². The molecule has 7 nitrogen and oxygen atoms in total. The molecule has 25 heavy (non-hydrogen) atoms. The molecular formula is C16H16Cl2N4O3. The van der Waals surface area contributed by atoms with Gasteiger partial charge in [0.15, 0.2) is 0 Å². The number of nitrogens with one attached hydrogen (secondary N) is 2. The van der Waals surface area contributed by atoms with Crippen LogP contribution >= 0.6 is 23.2 Å². The van der Waals surface area contributed by atoms with Crippen LogP contribution in [0, 0.1) is 0 Å². The molecule has 0 atom stereocenters. The van der Waals surface area contributed by atoms with E-state index in [1.807, 2.05) is 6.92 Å². The Hall–Kier alpha value is -2.38. The van der Waals surface area contributed by atoms with Crippen LogP contribution in [-0.2, 0) is 4.79 Å². The van der Waals surface area contributed by atoms with Gasteiger partial charge in [-0.25, -0.2) is 5.10 Å². The maximum Gasteiger partial charge on any atom is 0.274 e. The van der Waals surface area contributed by atoms with Crippen molar-refractivity contribution in [2.75, 3.05) is 18.4 Å². The summed E-state index contributed by atoms with van der Waals surface area (Å²) in [4.78, 5) is 37.1. The van der Waals surface area contributed by atoms with Crippen molar-refractivity contribution >= 4 is 40.7 Å². The molecule has 0 saturated carbocycles. The SMILES string of the molecule is CCCN(CC(=O)Nc1ccc(Cl)cc1Cl)C(=O)c1ccc(=O)[nH]n1. The molecule has 0 aliphatic rings. The Bertz CT molecular complexity index is 818. The fourth-order valence-electron chi connectivity index (χ4n) is 2.10. The number of halogens is 2. The molecule has 0 saturated heterocycles. The molecule has 2 N–H and O–H groups in total. The molecule has 0 spiro atoms. The monoisotopic (exact) mass is 382 g/mol. The van der Waals surface area contributed by atoms with Gasteiger partial charge in [0, 0.05) is 17.6 Å². The lowest BCUT2D eigenvalue weighted by atomic mass is 10.3. The van der Waals surface area contributed by atoms with Gasteiger partial charge in [-0.15, -0.1) is 0 Å². The average molecular weight is 383 g/mol. The highest BCUT2D eigenvalue weighted by Gasteiger charge is 2.20. The summed E-state index contributed by atoms with van der Waals surface area (Å²) in [5.41, 5.74) is 0.0567. The van der Waals surface area contributed by atoms with Crippen molar-refractivity contribution in [1.82, 2.24) is 15.1 Å². The molecule has 9 heteroatoms. The summed E-state index contributed by atoms with van der Waals surface area (Å²) in [5.74, 6) is -0.856. The van der Waals surface area contributed by atoms with Gasteiger partial charge in [0.1, 0.15) is 12.2 Å². The van der Waals surface area contributed by atoms with Gasteiger partial charge < -0.3 is 10.2 Å². The Morgan fingerprint density at radius 3 is 2.60 bits per heavy atom. The maximum absolute atomic E-state index is 12.5. The quantitative estimate of drug-likeness (QED) is 0.802. The van der Waals surface area contributed by atoms with Crippen LogP contribution in [0.15, 0.2) is 35.1 Å². The van der Waals surface area contributed by atoms with E-state index in [9.17, 15) is 14.4 Å². The van der Waals surface area contributed by atoms with Gasteiger partial charge in [0.05, 0.1) is 10.7 Å². The van der Waals surface area contributed by atoms with Crippen molar-refractivity contribution < 1.29 is 9.59 Å². The Kier molecular flexibility index (Phi) is 6.55. The molecule has 0 bridgehead atoms. The van der Waals surface area contributed by atoms with Gasteiger partial charge in [0.25, 0.3) is 11.5 Å². The van der Waals surface area contributed by atoms with Crippen molar-refractivity contribution in [2.24, 2.45) is 0 Å². The van der Waals surface area contributed by atoms with E-state index < -0.39 is 17.4 Å².